The van der Waals surface area contributed by atoms with Gasteiger partial charge in [-0.25, -0.2) is 10.2 Å². The summed E-state index contributed by atoms with van der Waals surface area (Å²) in [7, 11) is 0. The van der Waals surface area contributed by atoms with Crippen molar-refractivity contribution in [2.24, 2.45) is 5.10 Å². The highest BCUT2D eigenvalue weighted by atomic mass is 79.9. The van der Waals surface area contributed by atoms with Gasteiger partial charge in [-0.15, -0.1) is 11.3 Å². The minimum atomic E-state index is -0.761. The number of carbonyl (C=O) groups is 3. The second kappa shape index (κ2) is 13.3. The van der Waals surface area contributed by atoms with Gasteiger partial charge in [-0.2, -0.15) is 5.10 Å². The number of thiophene rings is 1. The topological polar surface area (TPSA) is 140 Å². The molecular formula is C30H17BrCl2N4O6S. The number of amides is 2. The molecule has 0 spiro atoms. The van der Waals surface area contributed by atoms with Crippen molar-refractivity contribution >= 4 is 95.9 Å². The summed E-state index contributed by atoms with van der Waals surface area (Å²) >= 11 is 16.6. The van der Waals surface area contributed by atoms with Crippen LogP contribution in [0, 0.1) is 10.1 Å². The van der Waals surface area contributed by atoms with Gasteiger partial charge in [-0.1, -0.05) is 39.1 Å². The first kappa shape index (κ1) is 30.8. The summed E-state index contributed by atoms with van der Waals surface area (Å²) in [4.78, 5) is 48.7. The summed E-state index contributed by atoms with van der Waals surface area (Å²) in [5, 5.41) is 19.0. The van der Waals surface area contributed by atoms with E-state index < -0.39 is 16.8 Å². The van der Waals surface area contributed by atoms with Gasteiger partial charge in [0, 0.05) is 54.1 Å². The largest absolute Gasteiger partial charge is 0.422 e. The average molecular weight is 712 g/mol. The summed E-state index contributed by atoms with van der Waals surface area (Å²) in [6.45, 7) is 0. The molecule has 0 saturated heterocycles. The number of nitro benzene ring substituents is 1. The number of carbonyl (C=O) groups excluding carboxylic acids is 3. The minimum Gasteiger partial charge on any atom is -0.422 e. The third kappa shape index (κ3) is 7.12. The predicted octanol–water partition coefficient (Wildman–Crippen LogP) is 8.11. The Kier molecular flexibility index (Phi) is 9.35. The van der Waals surface area contributed by atoms with Gasteiger partial charge in [0.1, 0.15) is 10.6 Å². The van der Waals surface area contributed by atoms with Gasteiger partial charge in [-0.3, -0.25) is 19.7 Å². The van der Waals surface area contributed by atoms with Gasteiger partial charge in [0.15, 0.2) is 0 Å². The van der Waals surface area contributed by atoms with Crippen molar-refractivity contribution in [1.82, 2.24) is 5.43 Å². The average Bonchev–Trinajstić information content (AvgIpc) is 3.34. The van der Waals surface area contributed by atoms with Crippen LogP contribution in [0.1, 0.15) is 36.0 Å². The fourth-order valence-corrected chi connectivity index (χ4v) is 5.82. The Morgan fingerprint density at radius 2 is 1.59 bits per heavy atom. The molecular weight excluding hydrogens is 695 g/mol. The highest BCUT2D eigenvalue weighted by Crippen LogP contribution is 2.38. The fourth-order valence-electron chi connectivity index (χ4n) is 3.89. The lowest BCUT2D eigenvalue weighted by Gasteiger charge is -2.08. The number of hydrogen-bond donors (Lipinski definition) is 2. The number of hydrazone groups is 1. The Bertz CT molecular complexity index is 1960. The van der Waals surface area contributed by atoms with Crippen LogP contribution in [-0.2, 0) is 0 Å². The zero-order valence-corrected chi connectivity index (χ0v) is 26.0. The van der Waals surface area contributed by atoms with Crippen LogP contribution in [0.15, 0.2) is 94.5 Å². The third-order valence-electron chi connectivity index (χ3n) is 6.06. The van der Waals surface area contributed by atoms with E-state index in [2.05, 4.69) is 31.8 Å². The molecule has 1 aromatic heterocycles. The molecule has 5 aromatic rings. The number of benzene rings is 4. The number of nitrogens with zero attached hydrogens (tertiary/aromatic N) is 2. The van der Waals surface area contributed by atoms with Crippen molar-refractivity contribution in [1.29, 1.82) is 0 Å². The van der Waals surface area contributed by atoms with Crippen LogP contribution in [0.5, 0.6) is 5.75 Å². The quantitative estimate of drug-likeness (QED) is 0.0548. The van der Waals surface area contributed by atoms with Gasteiger partial charge < -0.3 is 10.1 Å². The normalized spacial score (nSPS) is 11.0. The maximum atomic E-state index is 13.0. The molecule has 0 aliphatic carbocycles. The molecule has 0 radical (unpaired) electrons. The standard InChI is InChI=1S/C30H17BrCl2N4O6S/c31-19-5-12-24(43-30(40)27-26(33)23-11-10-22(37(41)42)14-25(23)44-27)18(13-19)15-34-36-29(39)17-3-8-21(9-4-17)35-28(38)16-1-6-20(32)7-2-16/h1-15H,(H,35,38)(H,36,39)/b34-15-. The van der Waals surface area contributed by atoms with Gasteiger partial charge in [-0.05, 0) is 72.8 Å². The molecule has 5 rings (SSSR count). The lowest BCUT2D eigenvalue weighted by Crippen LogP contribution is -2.18. The summed E-state index contributed by atoms with van der Waals surface area (Å²) < 4.78 is 6.71. The number of anilines is 1. The zero-order chi connectivity index (χ0) is 31.4. The fraction of sp³-hybridized carbons (Fsp3) is 0. The summed E-state index contributed by atoms with van der Waals surface area (Å²) in [5.74, 6) is -1.47. The van der Waals surface area contributed by atoms with Gasteiger partial charge in [0.2, 0.25) is 0 Å². The molecule has 0 atom stereocenters. The minimum absolute atomic E-state index is 0.0778. The number of halogens is 3. The summed E-state index contributed by atoms with van der Waals surface area (Å²) in [6, 6.07) is 21.6. The lowest BCUT2D eigenvalue weighted by molar-refractivity contribution is -0.384. The van der Waals surface area contributed by atoms with E-state index in [9.17, 15) is 24.5 Å². The number of rotatable bonds is 8. The number of fused-ring (bicyclic) bond motifs is 1. The van der Waals surface area contributed by atoms with Crippen LogP contribution in [0.3, 0.4) is 0 Å². The number of hydrogen-bond acceptors (Lipinski definition) is 8. The van der Waals surface area contributed by atoms with Crippen molar-refractivity contribution in [3.05, 3.63) is 131 Å². The molecule has 44 heavy (non-hydrogen) atoms. The molecule has 220 valence electrons. The van der Waals surface area contributed by atoms with E-state index in [0.717, 1.165) is 11.3 Å². The first-order valence-electron chi connectivity index (χ1n) is 12.5. The predicted molar refractivity (Wildman–Crippen MR) is 173 cm³/mol. The Labute approximate surface area is 271 Å². The van der Waals surface area contributed by atoms with Crippen LogP contribution in [0.2, 0.25) is 10.0 Å². The molecule has 10 nitrogen and oxygen atoms in total. The molecule has 0 unspecified atom stereocenters. The Morgan fingerprint density at radius 3 is 2.30 bits per heavy atom. The second-order valence-electron chi connectivity index (χ2n) is 8.99. The van der Waals surface area contributed by atoms with Crippen molar-refractivity contribution in [2.75, 3.05) is 5.32 Å². The maximum absolute atomic E-state index is 13.0. The smallest absolute Gasteiger partial charge is 0.355 e. The van der Waals surface area contributed by atoms with Crippen LogP contribution in [0.25, 0.3) is 10.1 Å². The Balaban J connectivity index is 1.25. The molecule has 0 aliphatic heterocycles. The van der Waals surface area contributed by atoms with Gasteiger partial charge in [0.05, 0.1) is 16.2 Å². The molecule has 1 heterocycles. The monoisotopic (exact) mass is 710 g/mol. The molecule has 0 bridgehead atoms. The van der Waals surface area contributed by atoms with Gasteiger partial charge in [0.25, 0.3) is 17.5 Å². The summed E-state index contributed by atoms with van der Waals surface area (Å²) in [6.07, 6.45) is 1.31. The highest BCUT2D eigenvalue weighted by Gasteiger charge is 2.22. The van der Waals surface area contributed by atoms with Crippen LogP contribution in [0.4, 0.5) is 11.4 Å². The van der Waals surface area contributed by atoms with E-state index in [1.165, 1.54) is 42.6 Å². The maximum Gasteiger partial charge on any atom is 0.355 e. The molecule has 2 amide bonds. The molecule has 0 aliphatic rings. The molecule has 4 aromatic carbocycles. The van der Waals surface area contributed by atoms with E-state index >= 15 is 0 Å². The number of esters is 1. The van der Waals surface area contributed by atoms with Gasteiger partial charge >= 0.3 is 5.97 Å². The third-order valence-corrected chi connectivity index (χ3v) is 8.45. The SMILES string of the molecule is O=C(N/N=C\c1cc(Br)ccc1OC(=O)c1sc2cc([N+](=O)[O-])ccc2c1Cl)c1ccc(NC(=O)c2ccc(Cl)cc2)cc1. The van der Waals surface area contributed by atoms with Crippen molar-refractivity contribution in [2.45, 2.75) is 0 Å². The lowest BCUT2D eigenvalue weighted by atomic mass is 10.1. The number of non-ortho nitro benzene ring substituents is 1. The van der Waals surface area contributed by atoms with E-state index in [0.29, 0.717) is 36.4 Å². The molecule has 0 fully saturated rings. The Morgan fingerprint density at radius 1 is 0.909 bits per heavy atom. The summed E-state index contributed by atoms with van der Waals surface area (Å²) in [5.41, 5.74) is 3.86. The number of ether oxygens (including phenoxy) is 1. The van der Waals surface area contributed by atoms with E-state index in [1.54, 1.807) is 48.5 Å². The molecule has 14 heteroatoms. The van der Waals surface area contributed by atoms with E-state index in [-0.39, 0.29) is 32.8 Å². The van der Waals surface area contributed by atoms with Crippen LogP contribution < -0.4 is 15.5 Å². The first-order chi connectivity index (χ1) is 21.1. The Hall–Kier alpha value is -4.62. The van der Waals surface area contributed by atoms with Crippen molar-refractivity contribution < 1.29 is 24.0 Å². The van der Waals surface area contributed by atoms with Crippen molar-refractivity contribution in [3.63, 3.8) is 0 Å². The second-order valence-corrected chi connectivity index (χ2v) is 11.8. The number of nitro groups is 1. The highest BCUT2D eigenvalue weighted by molar-refractivity contribution is 9.10. The van der Waals surface area contributed by atoms with Crippen LogP contribution in [-0.4, -0.2) is 28.9 Å². The van der Waals surface area contributed by atoms with Crippen LogP contribution >= 0.6 is 50.5 Å². The van der Waals surface area contributed by atoms with Crippen molar-refractivity contribution in [3.8, 4) is 5.75 Å². The zero-order valence-electron chi connectivity index (χ0n) is 22.0. The number of nitrogens with one attached hydrogen (secondary N) is 2. The molecule has 0 saturated carbocycles. The van der Waals surface area contributed by atoms with E-state index in [4.69, 9.17) is 27.9 Å². The molecule has 2 N–H and O–H groups in total. The van der Waals surface area contributed by atoms with E-state index in [1.807, 2.05) is 0 Å². The first-order valence-corrected chi connectivity index (χ1v) is 14.8.